The van der Waals surface area contributed by atoms with Crippen LogP contribution in [0.15, 0.2) is 0 Å². The predicted molar refractivity (Wildman–Crippen MR) is 49.0 cm³/mol. The molecule has 0 radical (unpaired) electrons. The highest BCUT2D eigenvalue weighted by Gasteiger charge is 2.18. The molecule has 0 aromatic carbocycles. The Kier molecular flexibility index (Phi) is 3.65. The van der Waals surface area contributed by atoms with Crippen molar-refractivity contribution >= 4 is 35.4 Å². The Balaban J connectivity index is 2.22. The van der Waals surface area contributed by atoms with Gasteiger partial charge < -0.3 is 4.74 Å². The van der Waals surface area contributed by atoms with E-state index in [0.717, 1.165) is 18.2 Å². The first-order chi connectivity index (χ1) is 5.34. The van der Waals surface area contributed by atoms with Crippen molar-refractivity contribution in [2.75, 3.05) is 24.8 Å². The minimum atomic E-state index is -0.254. The maximum absolute atomic E-state index is 11.0. The highest BCUT2D eigenvalue weighted by Crippen LogP contribution is 2.13. The molecule has 1 rings (SSSR count). The van der Waals surface area contributed by atoms with Gasteiger partial charge in [-0.15, -0.1) is 11.8 Å². The van der Waals surface area contributed by atoms with Crippen molar-refractivity contribution in [2.45, 2.75) is 0 Å². The SMILES string of the molecule is O=C(OCC=S)N1CCSC1. The number of nitrogens with zero attached hydrogens (tertiary/aromatic N) is 1. The molecule has 5 heteroatoms. The predicted octanol–water partition coefficient (Wildman–Crippen LogP) is 1.13. The summed E-state index contributed by atoms with van der Waals surface area (Å²) in [7, 11) is 0. The molecule has 0 aromatic heterocycles. The number of amides is 1. The van der Waals surface area contributed by atoms with Gasteiger partial charge in [0.2, 0.25) is 0 Å². The topological polar surface area (TPSA) is 29.5 Å². The van der Waals surface area contributed by atoms with Gasteiger partial charge in [0.25, 0.3) is 0 Å². The molecule has 1 amide bonds. The first kappa shape index (κ1) is 8.80. The van der Waals surface area contributed by atoms with Gasteiger partial charge in [0, 0.05) is 17.7 Å². The minimum absolute atomic E-state index is 0.231. The fraction of sp³-hybridized carbons (Fsp3) is 0.667. The highest BCUT2D eigenvalue weighted by molar-refractivity contribution is 7.99. The normalized spacial score (nSPS) is 16.5. The van der Waals surface area contributed by atoms with Gasteiger partial charge in [0.05, 0.1) is 5.88 Å². The molecule has 62 valence electrons. The van der Waals surface area contributed by atoms with E-state index >= 15 is 0 Å². The summed E-state index contributed by atoms with van der Waals surface area (Å²) in [4.78, 5) is 12.7. The van der Waals surface area contributed by atoms with Crippen LogP contribution in [0.2, 0.25) is 0 Å². The Labute approximate surface area is 75.1 Å². The van der Waals surface area contributed by atoms with Crippen molar-refractivity contribution in [2.24, 2.45) is 0 Å². The lowest BCUT2D eigenvalue weighted by atomic mass is 10.7. The average Bonchev–Trinajstić information content (AvgIpc) is 2.52. The van der Waals surface area contributed by atoms with E-state index in [-0.39, 0.29) is 12.7 Å². The lowest BCUT2D eigenvalue weighted by Crippen LogP contribution is -2.28. The zero-order chi connectivity index (χ0) is 8.10. The molecule has 1 saturated heterocycles. The van der Waals surface area contributed by atoms with E-state index in [9.17, 15) is 4.79 Å². The fourth-order valence-corrected chi connectivity index (χ4v) is 1.76. The number of thiocarbonyl (C=S) groups is 1. The zero-order valence-electron chi connectivity index (χ0n) is 5.99. The molecule has 1 aliphatic heterocycles. The largest absolute Gasteiger partial charge is 0.444 e. The van der Waals surface area contributed by atoms with E-state index in [4.69, 9.17) is 4.74 Å². The van der Waals surface area contributed by atoms with E-state index in [1.54, 1.807) is 16.7 Å². The summed E-state index contributed by atoms with van der Waals surface area (Å²) in [5.74, 6) is 1.75. The third-order valence-corrected chi connectivity index (χ3v) is 2.39. The molecular formula is C6H9NO2S2. The molecule has 0 N–H and O–H groups in total. The summed E-state index contributed by atoms with van der Waals surface area (Å²) < 4.78 is 4.79. The Morgan fingerprint density at radius 2 is 2.64 bits per heavy atom. The molecule has 0 saturated carbocycles. The summed E-state index contributed by atoms with van der Waals surface area (Å²) in [6.45, 7) is 1.02. The van der Waals surface area contributed by atoms with Crippen molar-refractivity contribution < 1.29 is 9.53 Å². The Morgan fingerprint density at radius 1 is 1.82 bits per heavy atom. The van der Waals surface area contributed by atoms with Crippen LogP contribution in [0.1, 0.15) is 0 Å². The number of thioether (sulfide) groups is 1. The van der Waals surface area contributed by atoms with Gasteiger partial charge in [0.15, 0.2) is 0 Å². The van der Waals surface area contributed by atoms with Crippen molar-refractivity contribution in [1.29, 1.82) is 0 Å². The molecule has 3 nitrogen and oxygen atoms in total. The molecule has 1 fully saturated rings. The maximum atomic E-state index is 11.0. The van der Waals surface area contributed by atoms with Crippen LogP contribution in [-0.4, -0.2) is 41.1 Å². The van der Waals surface area contributed by atoms with Crippen molar-refractivity contribution in [3.63, 3.8) is 0 Å². The smallest absolute Gasteiger partial charge is 0.410 e. The molecule has 0 unspecified atom stereocenters. The molecule has 0 atom stereocenters. The third kappa shape index (κ3) is 2.67. The number of carbonyl (C=O) groups is 1. The van der Waals surface area contributed by atoms with Gasteiger partial charge >= 0.3 is 6.09 Å². The second kappa shape index (κ2) is 4.56. The van der Waals surface area contributed by atoms with Gasteiger partial charge in [-0.2, -0.15) is 0 Å². The van der Waals surface area contributed by atoms with Crippen LogP contribution in [0.4, 0.5) is 4.79 Å². The van der Waals surface area contributed by atoms with Crippen molar-refractivity contribution in [1.82, 2.24) is 4.90 Å². The quantitative estimate of drug-likeness (QED) is 0.612. The number of hydrogen-bond acceptors (Lipinski definition) is 4. The number of hydrogen-bond donors (Lipinski definition) is 0. The lowest BCUT2D eigenvalue weighted by Gasteiger charge is -2.12. The van der Waals surface area contributed by atoms with Gasteiger partial charge in [0.1, 0.15) is 6.61 Å². The third-order valence-electron chi connectivity index (χ3n) is 1.29. The van der Waals surface area contributed by atoms with E-state index in [0.29, 0.717) is 0 Å². The summed E-state index contributed by atoms with van der Waals surface area (Å²) in [6, 6.07) is 0. The van der Waals surface area contributed by atoms with E-state index in [1.165, 1.54) is 5.37 Å². The molecule has 0 aliphatic carbocycles. The van der Waals surface area contributed by atoms with Crippen LogP contribution in [0.25, 0.3) is 0 Å². The molecule has 0 aromatic rings. The van der Waals surface area contributed by atoms with Crippen LogP contribution in [0.3, 0.4) is 0 Å². The van der Waals surface area contributed by atoms with Crippen LogP contribution >= 0.6 is 24.0 Å². The maximum Gasteiger partial charge on any atom is 0.410 e. The number of ether oxygens (including phenoxy) is 1. The fourth-order valence-electron chi connectivity index (χ4n) is 0.755. The van der Waals surface area contributed by atoms with Crippen LogP contribution in [0.5, 0.6) is 0 Å². The standard InChI is InChI=1S/C6H9NO2S2/c8-6(9-2-3-10)7-1-4-11-5-7/h3H,1-2,4-5H2. The highest BCUT2D eigenvalue weighted by atomic mass is 32.2. The first-order valence-corrected chi connectivity index (χ1v) is 4.90. The van der Waals surface area contributed by atoms with Crippen LogP contribution < -0.4 is 0 Å². The summed E-state index contributed by atoms with van der Waals surface area (Å²) >= 11 is 6.25. The molecular weight excluding hydrogens is 182 g/mol. The molecule has 0 bridgehead atoms. The number of carbonyl (C=O) groups excluding carboxylic acids is 1. The second-order valence-corrected chi connectivity index (χ2v) is 3.45. The molecule has 1 heterocycles. The van der Waals surface area contributed by atoms with Gasteiger partial charge in [-0.1, -0.05) is 12.2 Å². The Hall–Kier alpha value is -0.290. The van der Waals surface area contributed by atoms with Crippen LogP contribution in [-0.2, 0) is 4.74 Å². The van der Waals surface area contributed by atoms with Crippen molar-refractivity contribution in [3.05, 3.63) is 0 Å². The van der Waals surface area contributed by atoms with Gasteiger partial charge in [-0.3, -0.25) is 4.90 Å². The Bertz CT molecular complexity index is 157. The monoisotopic (exact) mass is 191 g/mol. The Morgan fingerprint density at radius 3 is 3.18 bits per heavy atom. The minimum Gasteiger partial charge on any atom is -0.444 e. The van der Waals surface area contributed by atoms with Crippen molar-refractivity contribution in [3.8, 4) is 0 Å². The summed E-state index contributed by atoms with van der Waals surface area (Å²) in [5.41, 5.74) is 0. The van der Waals surface area contributed by atoms with Crippen LogP contribution in [0, 0.1) is 0 Å². The average molecular weight is 191 g/mol. The first-order valence-electron chi connectivity index (χ1n) is 3.27. The summed E-state index contributed by atoms with van der Waals surface area (Å²) in [5, 5.41) is 1.40. The molecule has 0 spiro atoms. The lowest BCUT2D eigenvalue weighted by molar-refractivity contribution is 0.128. The van der Waals surface area contributed by atoms with E-state index in [2.05, 4.69) is 12.2 Å². The molecule has 1 aliphatic rings. The molecule has 11 heavy (non-hydrogen) atoms. The van der Waals surface area contributed by atoms with E-state index in [1.807, 2.05) is 0 Å². The van der Waals surface area contributed by atoms with Gasteiger partial charge in [-0.05, 0) is 0 Å². The zero-order valence-corrected chi connectivity index (χ0v) is 7.62. The van der Waals surface area contributed by atoms with E-state index < -0.39 is 0 Å². The second-order valence-electron chi connectivity index (χ2n) is 2.04. The van der Waals surface area contributed by atoms with Gasteiger partial charge in [-0.25, -0.2) is 4.79 Å². The number of rotatable bonds is 2. The summed E-state index contributed by atoms with van der Waals surface area (Å²) in [6.07, 6.45) is -0.254.